The Morgan fingerprint density at radius 3 is 2.64 bits per heavy atom. The molecule has 142 valence electrons. The number of carbonyl (C=O) groups is 1. The van der Waals surface area contributed by atoms with E-state index in [-0.39, 0.29) is 28.9 Å². The molecule has 0 fully saturated rings. The molecule has 1 amide bonds. The summed E-state index contributed by atoms with van der Waals surface area (Å²) in [5.74, 6) is -0.137. The highest BCUT2D eigenvalue weighted by Gasteiger charge is 2.19. The number of hydrogen-bond acceptors (Lipinski definition) is 5. The van der Waals surface area contributed by atoms with Crippen LogP contribution in [0.4, 0.5) is 4.79 Å². The summed E-state index contributed by atoms with van der Waals surface area (Å²) in [5, 5.41) is 26.8. The van der Waals surface area contributed by atoms with E-state index in [9.17, 15) is 19.8 Å². The lowest BCUT2D eigenvalue weighted by Crippen LogP contribution is -2.26. The Bertz CT molecular complexity index is 1270. The highest BCUT2D eigenvalue weighted by atomic mass is 16.3. The lowest BCUT2D eigenvalue weighted by Gasteiger charge is -2.13. The second-order valence-electron chi connectivity index (χ2n) is 6.46. The van der Waals surface area contributed by atoms with E-state index in [0.29, 0.717) is 16.6 Å². The van der Waals surface area contributed by atoms with Crippen LogP contribution in [0.5, 0.6) is 11.5 Å². The molecule has 28 heavy (non-hydrogen) atoms. The number of aromatic nitrogens is 4. The Morgan fingerprint density at radius 2 is 1.93 bits per heavy atom. The summed E-state index contributed by atoms with van der Waals surface area (Å²) in [5.41, 5.74) is 0.910. The molecule has 9 heteroatoms. The number of fused-ring (bicyclic) bond motifs is 1. The molecule has 4 aromatic rings. The average Bonchev–Trinajstić information content (AvgIpc) is 3.24. The van der Waals surface area contributed by atoms with Gasteiger partial charge < -0.3 is 15.1 Å². The molecule has 4 rings (SSSR count). The smallest absolute Gasteiger partial charge is 0.348 e. The van der Waals surface area contributed by atoms with Crippen LogP contribution in [0.3, 0.4) is 0 Å². The maximum Gasteiger partial charge on any atom is 0.348 e. The van der Waals surface area contributed by atoms with Crippen LogP contribution in [0.1, 0.15) is 0 Å². The summed E-state index contributed by atoms with van der Waals surface area (Å²) in [6.45, 7) is 0. The number of carbonyl (C=O) groups excluding carboxylic acids is 1. The molecule has 0 aliphatic rings. The number of amides is 1. The summed E-state index contributed by atoms with van der Waals surface area (Å²) in [7, 11) is 3.31. The summed E-state index contributed by atoms with van der Waals surface area (Å²) < 4.78 is 2.81. The first-order valence-corrected chi connectivity index (χ1v) is 8.40. The van der Waals surface area contributed by atoms with Crippen LogP contribution in [-0.2, 0) is 0 Å². The van der Waals surface area contributed by atoms with E-state index in [0.717, 1.165) is 0 Å². The molecular weight excluding hydrogens is 362 g/mol. The quantitative estimate of drug-likeness (QED) is 0.493. The van der Waals surface area contributed by atoms with E-state index in [2.05, 4.69) is 10.2 Å². The predicted octanol–water partition coefficient (Wildman–Crippen LogP) is 2.12. The van der Waals surface area contributed by atoms with Gasteiger partial charge in [-0.2, -0.15) is 5.10 Å². The molecular formula is C19H17N5O4. The monoisotopic (exact) mass is 379 g/mol. The van der Waals surface area contributed by atoms with Crippen molar-refractivity contribution < 1.29 is 15.0 Å². The summed E-state index contributed by atoms with van der Waals surface area (Å²) in [6.07, 6.45) is 1.64. The first kappa shape index (κ1) is 17.4. The highest BCUT2D eigenvalue weighted by Crippen LogP contribution is 2.32. The van der Waals surface area contributed by atoms with Crippen LogP contribution in [0, 0.1) is 0 Å². The molecule has 2 aromatic heterocycles. The van der Waals surface area contributed by atoms with E-state index < -0.39 is 5.69 Å². The fourth-order valence-corrected chi connectivity index (χ4v) is 3.14. The van der Waals surface area contributed by atoms with Crippen molar-refractivity contribution in [3.05, 3.63) is 59.1 Å². The van der Waals surface area contributed by atoms with Gasteiger partial charge in [0, 0.05) is 31.7 Å². The van der Waals surface area contributed by atoms with Gasteiger partial charge in [-0.05, 0) is 30.3 Å². The third kappa shape index (κ3) is 2.60. The van der Waals surface area contributed by atoms with Crippen LogP contribution >= 0.6 is 0 Å². The Kier molecular flexibility index (Phi) is 3.92. The molecule has 2 heterocycles. The normalized spacial score (nSPS) is 11.1. The fourth-order valence-electron chi connectivity index (χ4n) is 3.14. The number of phenolic OH excluding ortho intramolecular Hbond substituents is 2. The number of H-pyrrole nitrogens is 1. The zero-order valence-electron chi connectivity index (χ0n) is 15.1. The Labute approximate surface area is 158 Å². The fraction of sp³-hybridized carbons (Fsp3) is 0.105. The molecule has 0 aliphatic heterocycles. The van der Waals surface area contributed by atoms with Crippen LogP contribution in [0.15, 0.2) is 53.5 Å². The van der Waals surface area contributed by atoms with Gasteiger partial charge in [0.15, 0.2) is 5.82 Å². The van der Waals surface area contributed by atoms with Gasteiger partial charge in [-0.3, -0.25) is 4.57 Å². The van der Waals surface area contributed by atoms with E-state index in [1.165, 1.54) is 32.2 Å². The second-order valence-corrected chi connectivity index (χ2v) is 6.46. The Hall–Kier alpha value is -4.01. The number of aromatic hydroxyl groups is 2. The van der Waals surface area contributed by atoms with Gasteiger partial charge in [0.25, 0.3) is 0 Å². The molecule has 0 saturated carbocycles. The van der Waals surface area contributed by atoms with Gasteiger partial charge >= 0.3 is 11.7 Å². The van der Waals surface area contributed by atoms with Crippen molar-refractivity contribution in [2.45, 2.75) is 0 Å². The third-order valence-corrected chi connectivity index (χ3v) is 4.43. The van der Waals surface area contributed by atoms with Crippen LogP contribution < -0.4 is 5.69 Å². The van der Waals surface area contributed by atoms with Gasteiger partial charge in [-0.1, -0.05) is 6.07 Å². The number of nitrogens with zero attached hydrogens (tertiary/aromatic N) is 4. The minimum Gasteiger partial charge on any atom is -0.508 e. The van der Waals surface area contributed by atoms with E-state index in [1.54, 1.807) is 44.6 Å². The lowest BCUT2D eigenvalue weighted by molar-refractivity contribution is 0.220. The zero-order chi connectivity index (χ0) is 20.0. The minimum absolute atomic E-state index is 0.105. The van der Waals surface area contributed by atoms with Crippen molar-refractivity contribution in [1.29, 1.82) is 0 Å². The summed E-state index contributed by atoms with van der Waals surface area (Å²) in [6, 6.07) is 10.8. The maximum atomic E-state index is 12.5. The number of aromatic amines is 1. The molecule has 0 radical (unpaired) electrons. The molecule has 0 aliphatic carbocycles. The predicted molar refractivity (Wildman–Crippen MR) is 103 cm³/mol. The van der Waals surface area contributed by atoms with Gasteiger partial charge in [0.1, 0.15) is 11.5 Å². The summed E-state index contributed by atoms with van der Waals surface area (Å²) in [4.78, 5) is 26.4. The highest BCUT2D eigenvalue weighted by molar-refractivity contribution is 5.96. The van der Waals surface area contributed by atoms with Gasteiger partial charge in [0.2, 0.25) is 0 Å². The van der Waals surface area contributed by atoms with Gasteiger partial charge in [-0.15, -0.1) is 0 Å². The number of nitrogens with one attached hydrogen (secondary N) is 1. The first-order valence-electron chi connectivity index (χ1n) is 8.40. The van der Waals surface area contributed by atoms with Crippen molar-refractivity contribution in [3.63, 3.8) is 0 Å². The number of phenols is 2. The summed E-state index contributed by atoms with van der Waals surface area (Å²) >= 11 is 0. The molecule has 0 atom stereocenters. The zero-order valence-corrected chi connectivity index (χ0v) is 15.1. The standard InChI is InChI=1S/C19H17N5O4/c1-22(2)19(28)23-9-8-12-14(23)4-3-5-15(12)24-17(20-21-18(24)27)13-7-6-11(25)10-16(13)26/h3-10,25-26H,1-2H3,(H,21,27). The van der Waals surface area contributed by atoms with E-state index in [4.69, 9.17) is 0 Å². The molecule has 0 saturated heterocycles. The van der Waals surface area contributed by atoms with E-state index >= 15 is 0 Å². The van der Waals surface area contributed by atoms with Gasteiger partial charge in [-0.25, -0.2) is 19.3 Å². The number of benzene rings is 2. The molecule has 9 nitrogen and oxygen atoms in total. The molecule has 0 unspecified atom stereocenters. The maximum absolute atomic E-state index is 12.5. The molecule has 0 bridgehead atoms. The first-order chi connectivity index (χ1) is 13.4. The van der Waals surface area contributed by atoms with Crippen LogP contribution in [0.2, 0.25) is 0 Å². The molecule has 2 aromatic carbocycles. The van der Waals surface area contributed by atoms with Crippen LogP contribution in [0.25, 0.3) is 28.0 Å². The van der Waals surface area contributed by atoms with Crippen molar-refractivity contribution in [2.75, 3.05) is 14.1 Å². The Balaban J connectivity index is 1.97. The minimum atomic E-state index is -0.498. The third-order valence-electron chi connectivity index (χ3n) is 4.43. The number of rotatable bonds is 2. The van der Waals surface area contributed by atoms with Crippen molar-refractivity contribution >= 4 is 16.9 Å². The number of hydrogen-bond donors (Lipinski definition) is 3. The van der Waals surface area contributed by atoms with Crippen molar-refractivity contribution in [1.82, 2.24) is 24.2 Å². The largest absolute Gasteiger partial charge is 0.508 e. The lowest BCUT2D eigenvalue weighted by atomic mass is 10.1. The van der Waals surface area contributed by atoms with Gasteiger partial charge in [0.05, 0.1) is 16.8 Å². The molecule has 3 N–H and O–H groups in total. The van der Waals surface area contributed by atoms with Crippen LogP contribution in [-0.4, -0.2) is 54.6 Å². The Morgan fingerprint density at radius 1 is 1.14 bits per heavy atom. The second kappa shape index (κ2) is 6.31. The van der Waals surface area contributed by atoms with Crippen molar-refractivity contribution in [2.24, 2.45) is 0 Å². The average molecular weight is 379 g/mol. The molecule has 0 spiro atoms. The SMILES string of the molecule is CN(C)C(=O)n1ccc2c(-n3c(-c4ccc(O)cc4O)n[nH]c3=O)cccc21. The van der Waals surface area contributed by atoms with E-state index in [1.807, 2.05) is 0 Å². The topological polar surface area (TPSA) is 116 Å². The van der Waals surface area contributed by atoms with Crippen molar-refractivity contribution in [3.8, 4) is 28.6 Å².